The Hall–Kier alpha value is -3.94. The third kappa shape index (κ3) is 3.51. The van der Waals surface area contributed by atoms with Gasteiger partial charge < -0.3 is 0 Å². The van der Waals surface area contributed by atoms with Gasteiger partial charge in [-0.15, -0.1) is 11.3 Å². The lowest BCUT2D eigenvalue weighted by atomic mass is 9.67. The van der Waals surface area contributed by atoms with Gasteiger partial charge in [-0.25, -0.2) is 0 Å². The highest BCUT2D eigenvalue weighted by atomic mass is 32.1. The van der Waals surface area contributed by atoms with E-state index in [0.29, 0.717) is 11.8 Å². The predicted octanol–water partition coefficient (Wildman–Crippen LogP) is 9.65. The Morgan fingerprint density at radius 2 is 1.42 bits per heavy atom. The summed E-state index contributed by atoms with van der Waals surface area (Å²) in [6.45, 7) is 0. The van der Waals surface area contributed by atoms with E-state index in [9.17, 15) is 0 Å². The third-order valence-corrected chi connectivity index (χ3v) is 8.75. The molecule has 0 saturated carbocycles. The minimum atomic E-state index is 0.318. The Morgan fingerprint density at radius 1 is 0.667 bits per heavy atom. The Balaban J connectivity index is 1.50. The number of allylic oxidation sites excluding steroid dienone is 5. The van der Waals surface area contributed by atoms with Crippen LogP contribution in [0, 0.1) is 5.92 Å². The molecule has 172 valence electrons. The molecule has 5 aromatic rings. The van der Waals surface area contributed by atoms with Gasteiger partial charge >= 0.3 is 0 Å². The van der Waals surface area contributed by atoms with E-state index in [2.05, 4.69) is 133 Å². The maximum atomic E-state index is 2.43. The average molecular weight is 479 g/mol. The normalized spacial score (nSPS) is 18.7. The van der Waals surface area contributed by atoms with Crippen molar-refractivity contribution >= 4 is 27.0 Å². The second-order valence-corrected chi connectivity index (χ2v) is 10.7. The molecule has 0 bridgehead atoms. The van der Waals surface area contributed by atoms with Crippen LogP contribution in [0.2, 0.25) is 0 Å². The van der Waals surface area contributed by atoms with E-state index in [1.807, 2.05) is 11.3 Å². The third-order valence-electron chi connectivity index (χ3n) is 7.60. The fraction of sp³-hybridized carbons (Fsp3) is 0.0857. The van der Waals surface area contributed by atoms with E-state index in [1.165, 1.54) is 53.9 Å². The van der Waals surface area contributed by atoms with Crippen molar-refractivity contribution < 1.29 is 0 Å². The molecule has 2 atom stereocenters. The van der Waals surface area contributed by atoms with E-state index >= 15 is 0 Å². The molecule has 1 aromatic heterocycles. The number of thiophene rings is 1. The zero-order chi connectivity index (χ0) is 23.9. The van der Waals surface area contributed by atoms with Gasteiger partial charge in [0.05, 0.1) is 0 Å². The smallest absolute Gasteiger partial charge is 0.0355 e. The van der Waals surface area contributed by atoms with Gasteiger partial charge in [0.25, 0.3) is 0 Å². The second-order valence-electron chi connectivity index (χ2n) is 9.61. The highest BCUT2D eigenvalue weighted by Gasteiger charge is 2.35. The highest BCUT2D eigenvalue weighted by molar-refractivity contribution is 7.22. The van der Waals surface area contributed by atoms with Gasteiger partial charge in [0, 0.05) is 26.8 Å². The van der Waals surface area contributed by atoms with E-state index < -0.39 is 0 Å². The molecular weight excluding hydrogens is 452 g/mol. The summed E-state index contributed by atoms with van der Waals surface area (Å²) in [5.74, 6) is 0.647. The first-order valence-corrected chi connectivity index (χ1v) is 13.5. The molecule has 4 aromatic carbocycles. The molecule has 2 unspecified atom stereocenters. The SMILES string of the molecule is C1=CCC2=C(c3cccc4sc(-c5ccccc5)cc34)c3ccccc3C(c3ccccc3)C2C=C1. The topological polar surface area (TPSA) is 0 Å². The van der Waals surface area contributed by atoms with Crippen LogP contribution in [-0.2, 0) is 0 Å². The molecule has 1 heteroatoms. The minimum Gasteiger partial charge on any atom is -0.135 e. The molecular formula is C35H26S. The summed E-state index contributed by atoms with van der Waals surface area (Å²) in [4.78, 5) is 1.33. The Bertz CT molecular complexity index is 1650. The van der Waals surface area contributed by atoms with Crippen molar-refractivity contribution in [1.82, 2.24) is 0 Å². The molecule has 0 nitrogen and oxygen atoms in total. The lowest BCUT2D eigenvalue weighted by Crippen LogP contribution is -2.22. The number of rotatable bonds is 3. The highest BCUT2D eigenvalue weighted by Crippen LogP contribution is 2.51. The lowest BCUT2D eigenvalue weighted by Gasteiger charge is -2.36. The number of hydrogen-bond donors (Lipinski definition) is 0. The molecule has 1 heterocycles. The van der Waals surface area contributed by atoms with Gasteiger partial charge in [0.1, 0.15) is 0 Å². The minimum absolute atomic E-state index is 0.318. The second kappa shape index (κ2) is 8.93. The van der Waals surface area contributed by atoms with Crippen molar-refractivity contribution in [2.45, 2.75) is 12.3 Å². The van der Waals surface area contributed by atoms with Crippen LogP contribution in [0.15, 0.2) is 139 Å². The van der Waals surface area contributed by atoms with Crippen LogP contribution in [0.4, 0.5) is 0 Å². The molecule has 36 heavy (non-hydrogen) atoms. The number of hydrogen-bond acceptors (Lipinski definition) is 1. The van der Waals surface area contributed by atoms with Crippen LogP contribution in [0.3, 0.4) is 0 Å². The summed E-state index contributed by atoms with van der Waals surface area (Å²) in [6.07, 6.45) is 10.2. The van der Waals surface area contributed by atoms with Crippen molar-refractivity contribution in [3.8, 4) is 10.4 Å². The molecule has 7 rings (SSSR count). The van der Waals surface area contributed by atoms with Crippen LogP contribution in [-0.4, -0.2) is 0 Å². The Kier molecular flexibility index (Phi) is 5.30. The van der Waals surface area contributed by atoms with E-state index in [-0.39, 0.29) is 0 Å². The van der Waals surface area contributed by atoms with Gasteiger partial charge in [-0.3, -0.25) is 0 Å². The maximum Gasteiger partial charge on any atom is 0.0355 e. The molecule has 0 fully saturated rings. The first-order valence-electron chi connectivity index (χ1n) is 12.7. The van der Waals surface area contributed by atoms with Crippen LogP contribution in [0.25, 0.3) is 26.1 Å². The summed E-state index contributed by atoms with van der Waals surface area (Å²) >= 11 is 1.89. The van der Waals surface area contributed by atoms with Gasteiger partial charge in [0.15, 0.2) is 0 Å². The zero-order valence-electron chi connectivity index (χ0n) is 20.0. The van der Waals surface area contributed by atoms with Crippen molar-refractivity contribution in [2.24, 2.45) is 5.92 Å². The number of benzene rings is 4. The average Bonchev–Trinajstić information content (AvgIpc) is 3.24. The molecule has 0 spiro atoms. The van der Waals surface area contributed by atoms with Crippen LogP contribution < -0.4 is 0 Å². The molecule has 2 aliphatic carbocycles. The largest absolute Gasteiger partial charge is 0.135 e. The zero-order valence-corrected chi connectivity index (χ0v) is 20.8. The van der Waals surface area contributed by atoms with Gasteiger partial charge in [0.2, 0.25) is 0 Å². The van der Waals surface area contributed by atoms with Gasteiger partial charge in [-0.2, -0.15) is 0 Å². The molecule has 0 saturated heterocycles. The summed E-state index contributed by atoms with van der Waals surface area (Å²) < 4.78 is 1.35. The molecule has 0 amide bonds. The summed E-state index contributed by atoms with van der Waals surface area (Å²) in [7, 11) is 0. The van der Waals surface area contributed by atoms with Crippen molar-refractivity contribution in [3.63, 3.8) is 0 Å². The molecule has 0 radical (unpaired) electrons. The van der Waals surface area contributed by atoms with Gasteiger partial charge in [-0.1, -0.05) is 127 Å². The Labute approximate surface area is 216 Å². The van der Waals surface area contributed by atoms with Crippen molar-refractivity contribution in [3.05, 3.63) is 161 Å². The maximum absolute atomic E-state index is 2.43. The van der Waals surface area contributed by atoms with E-state index in [0.717, 1.165) is 6.42 Å². The first-order chi connectivity index (χ1) is 17.9. The predicted molar refractivity (Wildman–Crippen MR) is 154 cm³/mol. The summed E-state index contributed by atoms with van der Waals surface area (Å²) in [5.41, 5.74) is 9.77. The number of fused-ring (bicyclic) bond motifs is 3. The fourth-order valence-electron chi connectivity index (χ4n) is 6.04. The summed E-state index contributed by atoms with van der Waals surface area (Å²) in [6, 6.07) is 40.2. The Morgan fingerprint density at radius 3 is 2.28 bits per heavy atom. The lowest BCUT2D eigenvalue weighted by molar-refractivity contribution is 0.630. The molecule has 0 N–H and O–H groups in total. The van der Waals surface area contributed by atoms with Crippen molar-refractivity contribution in [1.29, 1.82) is 0 Å². The summed E-state index contributed by atoms with van der Waals surface area (Å²) in [5, 5.41) is 1.35. The van der Waals surface area contributed by atoms with Gasteiger partial charge in [-0.05, 0) is 51.9 Å². The van der Waals surface area contributed by atoms with Crippen LogP contribution >= 0.6 is 11.3 Å². The van der Waals surface area contributed by atoms with E-state index in [4.69, 9.17) is 0 Å². The van der Waals surface area contributed by atoms with Crippen molar-refractivity contribution in [2.75, 3.05) is 0 Å². The monoisotopic (exact) mass is 478 g/mol. The molecule has 2 aliphatic rings. The van der Waals surface area contributed by atoms with Crippen LogP contribution in [0.1, 0.15) is 34.6 Å². The molecule has 0 aliphatic heterocycles. The fourth-order valence-corrected chi connectivity index (χ4v) is 7.14. The van der Waals surface area contributed by atoms with E-state index in [1.54, 1.807) is 0 Å². The quantitative estimate of drug-likeness (QED) is 0.242. The first kappa shape index (κ1) is 21.4. The standard InChI is InChI=1S/C35H26S/c1-4-13-24(14-5-1)33-23-31-30(21-12-22-32(31)36-33)35-28-18-9-3-8-17-26(28)34(25-15-6-2-7-16-25)27-19-10-11-20-29(27)35/h1-17,19-23,26,34H,18H2. The van der Waals surface area contributed by atoms with Crippen LogP contribution in [0.5, 0.6) is 0 Å².